The molecule has 86 valence electrons. The number of rotatable bonds is 4. The van der Waals surface area contributed by atoms with Crippen LogP contribution < -0.4 is 0 Å². The summed E-state index contributed by atoms with van der Waals surface area (Å²) >= 11 is 0. The summed E-state index contributed by atoms with van der Waals surface area (Å²) in [7, 11) is 1.51. The van der Waals surface area contributed by atoms with E-state index in [0.29, 0.717) is 0 Å². The molecular weight excluding hydrogens is 213 g/mol. The molecule has 4 nitrogen and oxygen atoms in total. The number of carbonyl (C=O) groups excluding carboxylic acids is 1. The third kappa shape index (κ3) is 3.68. The summed E-state index contributed by atoms with van der Waals surface area (Å²) in [6.07, 6.45) is -0.530. The molecule has 16 heavy (non-hydrogen) atoms. The number of amides is 1. The predicted molar refractivity (Wildman–Crippen MR) is 55.1 cm³/mol. The SMILES string of the molecule is CN(Cc1ccc(F)cc1)C(=O)CC(=O)O. The average Bonchev–Trinajstić information content (AvgIpc) is 2.20. The van der Waals surface area contributed by atoms with Gasteiger partial charge in [-0.2, -0.15) is 0 Å². The Hall–Kier alpha value is -1.91. The van der Waals surface area contributed by atoms with Crippen molar-refractivity contribution in [2.45, 2.75) is 13.0 Å². The van der Waals surface area contributed by atoms with Gasteiger partial charge >= 0.3 is 5.97 Å². The second kappa shape index (κ2) is 5.25. The minimum atomic E-state index is -1.16. The Morgan fingerprint density at radius 2 is 1.88 bits per heavy atom. The van der Waals surface area contributed by atoms with Crippen LogP contribution in [0, 0.1) is 5.82 Å². The van der Waals surface area contributed by atoms with Crippen LogP contribution in [0.25, 0.3) is 0 Å². The monoisotopic (exact) mass is 225 g/mol. The summed E-state index contributed by atoms with van der Waals surface area (Å²) in [4.78, 5) is 22.9. The first-order valence-electron chi connectivity index (χ1n) is 4.69. The average molecular weight is 225 g/mol. The van der Waals surface area contributed by atoms with Gasteiger partial charge in [0.15, 0.2) is 0 Å². The molecule has 1 N–H and O–H groups in total. The summed E-state index contributed by atoms with van der Waals surface area (Å²) in [5, 5.41) is 8.44. The topological polar surface area (TPSA) is 57.6 Å². The van der Waals surface area contributed by atoms with E-state index in [4.69, 9.17) is 5.11 Å². The molecule has 0 unspecified atom stereocenters. The van der Waals surface area contributed by atoms with Gasteiger partial charge in [0, 0.05) is 13.6 Å². The lowest BCUT2D eigenvalue weighted by atomic mass is 10.2. The van der Waals surface area contributed by atoms with E-state index in [1.54, 1.807) is 12.1 Å². The zero-order valence-electron chi connectivity index (χ0n) is 8.81. The summed E-state index contributed by atoms with van der Waals surface area (Å²) in [6, 6.07) is 5.70. The van der Waals surface area contributed by atoms with Crippen LogP contribution >= 0.6 is 0 Å². The van der Waals surface area contributed by atoms with Gasteiger partial charge in [0.05, 0.1) is 0 Å². The molecule has 0 radical (unpaired) electrons. The van der Waals surface area contributed by atoms with Crippen molar-refractivity contribution in [3.05, 3.63) is 35.6 Å². The zero-order valence-corrected chi connectivity index (χ0v) is 8.81. The molecule has 0 aliphatic rings. The molecule has 1 amide bonds. The molecule has 0 heterocycles. The zero-order chi connectivity index (χ0) is 12.1. The maximum Gasteiger partial charge on any atom is 0.312 e. The van der Waals surface area contributed by atoms with Gasteiger partial charge in [-0.05, 0) is 17.7 Å². The van der Waals surface area contributed by atoms with Gasteiger partial charge < -0.3 is 10.0 Å². The lowest BCUT2D eigenvalue weighted by Crippen LogP contribution is -2.28. The van der Waals surface area contributed by atoms with Crippen molar-refractivity contribution in [2.24, 2.45) is 0 Å². The molecule has 0 spiro atoms. The molecule has 1 rings (SSSR count). The van der Waals surface area contributed by atoms with Crippen molar-refractivity contribution in [3.63, 3.8) is 0 Å². The third-order valence-electron chi connectivity index (χ3n) is 2.06. The standard InChI is InChI=1S/C11H12FNO3/c1-13(10(14)6-11(15)16)7-8-2-4-9(12)5-3-8/h2-5H,6-7H2,1H3,(H,15,16). The molecule has 0 aliphatic carbocycles. The van der Waals surface area contributed by atoms with E-state index < -0.39 is 18.3 Å². The molecular formula is C11H12FNO3. The first-order chi connectivity index (χ1) is 7.49. The van der Waals surface area contributed by atoms with Crippen molar-refractivity contribution >= 4 is 11.9 Å². The maximum absolute atomic E-state index is 12.6. The highest BCUT2D eigenvalue weighted by atomic mass is 19.1. The molecule has 0 bridgehead atoms. The highest BCUT2D eigenvalue weighted by Gasteiger charge is 2.12. The number of carboxylic acids is 1. The molecule has 1 aromatic rings. The molecule has 0 aliphatic heterocycles. The third-order valence-corrected chi connectivity index (χ3v) is 2.06. The van der Waals surface area contributed by atoms with E-state index in [-0.39, 0.29) is 12.4 Å². The Morgan fingerprint density at radius 3 is 2.38 bits per heavy atom. The summed E-state index contributed by atoms with van der Waals surface area (Å²) in [5.41, 5.74) is 0.752. The van der Waals surface area contributed by atoms with Crippen LogP contribution in [0.1, 0.15) is 12.0 Å². The maximum atomic E-state index is 12.6. The molecule has 0 saturated carbocycles. The second-order valence-electron chi connectivity index (χ2n) is 3.45. The Balaban J connectivity index is 2.57. The molecule has 0 saturated heterocycles. The van der Waals surface area contributed by atoms with Gasteiger partial charge in [0.2, 0.25) is 5.91 Å². The first kappa shape index (κ1) is 12.2. The number of nitrogens with zero attached hydrogens (tertiary/aromatic N) is 1. The van der Waals surface area contributed by atoms with E-state index >= 15 is 0 Å². The Kier molecular flexibility index (Phi) is 3.99. The van der Waals surface area contributed by atoms with Gasteiger partial charge in [-0.1, -0.05) is 12.1 Å². The van der Waals surface area contributed by atoms with Gasteiger partial charge in [-0.15, -0.1) is 0 Å². The summed E-state index contributed by atoms with van der Waals surface area (Å²) in [6.45, 7) is 0.270. The minimum absolute atomic E-state index is 0.270. The predicted octanol–water partition coefficient (Wildman–Crippen LogP) is 1.26. The molecule has 5 heteroatoms. The van der Waals surface area contributed by atoms with Crippen LogP contribution in [0.2, 0.25) is 0 Å². The van der Waals surface area contributed by atoms with E-state index in [9.17, 15) is 14.0 Å². The highest BCUT2D eigenvalue weighted by molar-refractivity contribution is 5.93. The second-order valence-corrected chi connectivity index (χ2v) is 3.45. The number of aliphatic carboxylic acids is 1. The number of benzene rings is 1. The fraction of sp³-hybridized carbons (Fsp3) is 0.273. The fourth-order valence-electron chi connectivity index (χ4n) is 1.22. The van der Waals surface area contributed by atoms with Gasteiger partial charge in [-0.3, -0.25) is 9.59 Å². The highest BCUT2D eigenvalue weighted by Crippen LogP contribution is 2.06. The van der Waals surface area contributed by atoms with Crippen LogP contribution in [-0.2, 0) is 16.1 Å². The van der Waals surface area contributed by atoms with Crippen LogP contribution in [-0.4, -0.2) is 28.9 Å². The number of halogens is 1. The van der Waals surface area contributed by atoms with Gasteiger partial charge in [0.1, 0.15) is 12.2 Å². The van der Waals surface area contributed by atoms with Crippen molar-refractivity contribution < 1.29 is 19.1 Å². The normalized spacial score (nSPS) is 9.88. The van der Waals surface area contributed by atoms with Crippen molar-refractivity contribution in [3.8, 4) is 0 Å². The fourth-order valence-corrected chi connectivity index (χ4v) is 1.22. The molecule has 0 fully saturated rings. The number of hydrogen-bond donors (Lipinski definition) is 1. The molecule has 0 atom stereocenters. The largest absolute Gasteiger partial charge is 0.481 e. The lowest BCUT2D eigenvalue weighted by molar-refractivity contribution is -0.143. The van der Waals surface area contributed by atoms with Crippen molar-refractivity contribution in [2.75, 3.05) is 7.05 Å². The smallest absolute Gasteiger partial charge is 0.312 e. The van der Waals surface area contributed by atoms with E-state index in [1.165, 1.54) is 24.1 Å². The lowest BCUT2D eigenvalue weighted by Gasteiger charge is -2.16. The van der Waals surface area contributed by atoms with Crippen molar-refractivity contribution in [1.82, 2.24) is 4.90 Å². The Morgan fingerprint density at radius 1 is 1.31 bits per heavy atom. The number of carboxylic acid groups (broad SMARTS) is 1. The first-order valence-corrected chi connectivity index (χ1v) is 4.69. The quantitative estimate of drug-likeness (QED) is 0.785. The van der Waals surface area contributed by atoms with Gasteiger partial charge in [0.25, 0.3) is 0 Å². The van der Waals surface area contributed by atoms with Crippen LogP contribution in [0.5, 0.6) is 0 Å². The van der Waals surface area contributed by atoms with Crippen LogP contribution in [0.4, 0.5) is 4.39 Å². The van der Waals surface area contributed by atoms with Gasteiger partial charge in [-0.25, -0.2) is 4.39 Å². The van der Waals surface area contributed by atoms with Crippen molar-refractivity contribution in [1.29, 1.82) is 0 Å². The summed E-state index contributed by atoms with van der Waals surface area (Å²) in [5.74, 6) is -1.98. The van der Waals surface area contributed by atoms with E-state index in [2.05, 4.69) is 0 Å². The Bertz CT molecular complexity index is 389. The van der Waals surface area contributed by atoms with E-state index in [1.807, 2.05) is 0 Å². The van der Waals surface area contributed by atoms with E-state index in [0.717, 1.165) is 5.56 Å². The minimum Gasteiger partial charge on any atom is -0.481 e. The number of carbonyl (C=O) groups is 2. The van der Waals surface area contributed by atoms with Crippen LogP contribution in [0.15, 0.2) is 24.3 Å². The molecule has 0 aromatic heterocycles. The molecule has 1 aromatic carbocycles. The number of hydrogen-bond acceptors (Lipinski definition) is 2. The van der Waals surface area contributed by atoms with Crippen LogP contribution in [0.3, 0.4) is 0 Å². The Labute approximate surface area is 92.3 Å². The summed E-state index contributed by atoms with van der Waals surface area (Å²) < 4.78 is 12.6.